The van der Waals surface area contributed by atoms with Crippen LogP contribution in [0.2, 0.25) is 0 Å². The van der Waals surface area contributed by atoms with E-state index in [1.54, 1.807) is 0 Å². The van der Waals surface area contributed by atoms with Gasteiger partial charge in [0.15, 0.2) is 0 Å². The van der Waals surface area contributed by atoms with Gasteiger partial charge in [0.05, 0.1) is 11.2 Å². The van der Waals surface area contributed by atoms with E-state index in [0.717, 1.165) is 18.6 Å². The summed E-state index contributed by atoms with van der Waals surface area (Å²) in [7, 11) is 2.04. The average molecular weight is 269 g/mol. The summed E-state index contributed by atoms with van der Waals surface area (Å²) in [5, 5.41) is 4.54. The number of aromatic nitrogens is 1. The first-order valence-corrected chi connectivity index (χ1v) is 7.60. The number of benzene rings is 1. The molecule has 106 valence electrons. The van der Waals surface area contributed by atoms with E-state index in [1.807, 2.05) is 7.05 Å². The molecule has 0 saturated carbocycles. The lowest BCUT2D eigenvalue weighted by atomic mass is 10.0. The molecule has 1 aliphatic rings. The number of likely N-dealkylation sites (tertiary alicyclic amines) is 1. The highest BCUT2D eigenvalue weighted by Crippen LogP contribution is 2.20. The molecular formula is C17H23N3. The van der Waals surface area contributed by atoms with Crippen LogP contribution in [0.25, 0.3) is 10.9 Å². The minimum atomic E-state index is 0.655. The van der Waals surface area contributed by atoms with Crippen LogP contribution in [0.5, 0.6) is 0 Å². The summed E-state index contributed by atoms with van der Waals surface area (Å²) in [6.45, 7) is 3.24. The van der Waals surface area contributed by atoms with Gasteiger partial charge in [0.25, 0.3) is 0 Å². The molecule has 2 heterocycles. The quantitative estimate of drug-likeness (QED) is 0.925. The molecule has 1 aromatic carbocycles. The van der Waals surface area contributed by atoms with Crippen molar-refractivity contribution in [3.05, 3.63) is 42.1 Å². The molecule has 1 saturated heterocycles. The Morgan fingerprint density at radius 2 is 2.10 bits per heavy atom. The maximum atomic E-state index is 4.80. The zero-order valence-corrected chi connectivity index (χ0v) is 12.2. The standard InChI is InChI=1S/C17H23N3/c1-18-12-16-7-4-5-11-20(16)13-15-10-9-14-6-2-3-8-17(14)19-15/h2-3,6,8-10,16,18H,4-5,7,11-13H2,1H3. The molecule has 1 N–H and O–H groups in total. The van der Waals surface area contributed by atoms with Crippen molar-refractivity contribution >= 4 is 10.9 Å². The number of pyridine rings is 1. The van der Waals surface area contributed by atoms with Crippen LogP contribution in [0.1, 0.15) is 25.0 Å². The molecule has 1 fully saturated rings. The Balaban J connectivity index is 1.77. The summed E-state index contributed by atoms with van der Waals surface area (Å²) in [5.41, 5.74) is 2.29. The van der Waals surface area contributed by atoms with Gasteiger partial charge in [-0.1, -0.05) is 30.7 Å². The number of nitrogens with one attached hydrogen (secondary N) is 1. The lowest BCUT2D eigenvalue weighted by Gasteiger charge is -2.35. The Morgan fingerprint density at radius 1 is 1.20 bits per heavy atom. The van der Waals surface area contributed by atoms with E-state index >= 15 is 0 Å². The van der Waals surface area contributed by atoms with Crippen LogP contribution in [0.15, 0.2) is 36.4 Å². The zero-order chi connectivity index (χ0) is 13.8. The van der Waals surface area contributed by atoms with Crippen LogP contribution in [-0.2, 0) is 6.54 Å². The van der Waals surface area contributed by atoms with Gasteiger partial charge < -0.3 is 5.32 Å². The van der Waals surface area contributed by atoms with Gasteiger partial charge in [0, 0.05) is 24.5 Å². The van der Waals surface area contributed by atoms with Crippen LogP contribution in [0.4, 0.5) is 0 Å². The van der Waals surface area contributed by atoms with Crippen molar-refractivity contribution in [3.8, 4) is 0 Å². The number of rotatable bonds is 4. The summed E-state index contributed by atoms with van der Waals surface area (Å²) < 4.78 is 0. The molecule has 20 heavy (non-hydrogen) atoms. The fraction of sp³-hybridized carbons (Fsp3) is 0.471. The third-order valence-electron chi connectivity index (χ3n) is 4.21. The zero-order valence-electron chi connectivity index (χ0n) is 12.2. The smallest absolute Gasteiger partial charge is 0.0705 e. The SMILES string of the molecule is CNCC1CCCCN1Cc1ccc2ccccc2n1. The first-order valence-electron chi connectivity index (χ1n) is 7.60. The molecule has 2 aromatic rings. The average Bonchev–Trinajstić information content (AvgIpc) is 2.49. The number of piperidine rings is 1. The van der Waals surface area contributed by atoms with Gasteiger partial charge in [-0.3, -0.25) is 9.88 Å². The fourth-order valence-electron chi connectivity index (χ4n) is 3.14. The molecular weight excluding hydrogens is 246 g/mol. The summed E-state index contributed by atoms with van der Waals surface area (Å²) in [6, 6.07) is 13.4. The molecule has 1 atom stereocenters. The third kappa shape index (κ3) is 3.00. The van der Waals surface area contributed by atoms with Crippen LogP contribution >= 0.6 is 0 Å². The number of nitrogens with zero attached hydrogens (tertiary/aromatic N) is 2. The van der Waals surface area contributed by atoms with E-state index in [1.165, 1.54) is 36.9 Å². The molecule has 3 nitrogen and oxygen atoms in total. The first kappa shape index (κ1) is 13.5. The highest BCUT2D eigenvalue weighted by molar-refractivity contribution is 5.78. The molecule has 0 amide bonds. The van der Waals surface area contributed by atoms with E-state index in [9.17, 15) is 0 Å². The Kier molecular flexibility index (Phi) is 4.28. The number of fused-ring (bicyclic) bond motifs is 1. The van der Waals surface area contributed by atoms with Gasteiger partial charge in [-0.2, -0.15) is 0 Å². The van der Waals surface area contributed by atoms with Crippen LogP contribution in [0, 0.1) is 0 Å². The normalized spacial score (nSPS) is 20.4. The van der Waals surface area contributed by atoms with Crippen molar-refractivity contribution in [2.45, 2.75) is 31.8 Å². The van der Waals surface area contributed by atoms with E-state index in [0.29, 0.717) is 6.04 Å². The summed E-state index contributed by atoms with van der Waals surface area (Å²) in [6.07, 6.45) is 3.97. The van der Waals surface area contributed by atoms with E-state index in [2.05, 4.69) is 46.6 Å². The summed E-state index contributed by atoms with van der Waals surface area (Å²) in [4.78, 5) is 7.38. The fourth-order valence-corrected chi connectivity index (χ4v) is 3.14. The van der Waals surface area contributed by atoms with Gasteiger partial charge in [-0.25, -0.2) is 0 Å². The molecule has 0 bridgehead atoms. The van der Waals surface area contributed by atoms with Crippen molar-refractivity contribution in [3.63, 3.8) is 0 Å². The predicted octanol–water partition coefficient (Wildman–Crippen LogP) is 2.81. The second-order valence-electron chi connectivity index (χ2n) is 5.67. The van der Waals surface area contributed by atoms with Crippen molar-refractivity contribution in [2.75, 3.05) is 20.1 Å². The van der Waals surface area contributed by atoms with Crippen molar-refractivity contribution in [1.29, 1.82) is 0 Å². The monoisotopic (exact) mass is 269 g/mol. The van der Waals surface area contributed by atoms with Crippen molar-refractivity contribution < 1.29 is 0 Å². The van der Waals surface area contributed by atoms with Gasteiger partial charge in [-0.15, -0.1) is 0 Å². The Bertz CT molecular complexity index is 565. The Hall–Kier alpha value is -1.45. The maximum Gasteiger partial charge on any atom is 0.0705 e. The van der Waals surface area contributed by atoms with E-state index in [4.69, 9.17) is 4.98 Å². The van der Waals surface area contributed by atoms with Gasteiger partial charge in [0.2, 0.25) is 0 Å². The van der Waals surface area contributed by atoms with Crippen molar-refractivity contribution in [1.82, 2.24) is 15.2 Å². The Morgan fingerprint density at radius 3 is 3.00 bits per heavy atom. The Labute approximate surface area is 121 Å². The lowest BCUT2D eigenvalue weighted by Crippen LogP contribution is -2.44. The van der Waals surface area contributed by atoms with E-state index in [-0.39, 0.29) is 0 Å². The highest BCUT2D eigenvalue weighted by Gasteiger charge is 2.21. The predicted molar refractivity (Wildman–Crippen MR) is 83.7 cm³/mol. The van der Waals surface area contributed by atoms with E-state index < -0.39 is 0 Å². The topological polar surface area (TPSA) is 28.2 Å². The largest absolute Gasteiger partial charge is 0.318 e. The molecule has 3 heteroatoms. The number of hydrogen-bond donors (Lipinski definition) is 1. The van der Waals surface area contributed by atoms with Crippen LogP contribution in [0.3, 0.4) is 0 Å². The van der Waals surface area contributed by atoms with Crippen molar-refractivity contribution in [2.24, 2.45) is 0 Å². The number of likely N-dealkylation sites (N-methyl/N-ethyl adjacent to an activating group) is 1. The lowest BCUT2D eigenvalue weighted by molar-refractivity contribution is 0.138. The van der Waals surface area contributed by atoms with Gasteiger partial charge >= 0.3 is 0 Å². The molecule has 0 aliphatic carbocycles. The number of hydrogen-bond acceptors (Lipinski definition) is 3. The molecule has 1 unspecified atom stereocenters. The number of para-hydroxylation sites is 1. The first-order chi connectivity index (χ1) is 9.86. The second kappa shape index (κ2) is 6.33. The second-order valence-corrected chi connectivity index (χ2v) is 5.67. The molecule has 3 rings (SSSR count). The van der Waals surface area contributed by atoms with Gasteiger partial charge in [-0.05, 0) is 38.6 Å². The third-order valence-corrected chi connectivity index (χ3v) is 4.21. The highest BCUT2D eigenvalue weighted by atomic mass is 15.2. The molecule has 0 radical (unpaired) electrons. The maximum absolute atomic E-state index is 4.80. The minimum absolute atomic E-state index is 0.655. The minimum Gasteiger partial charge on any atom is -0.318 e. The summed E-state index contributed by atoms with van der Waals surface area (Å²) in [5.74, 6) is 0. The molecule has 0 spiro atoms. The molecule has 1 aromatic heterocycles. The summed E-state index contributed by atoms with van der Waals surface area (Å²) >= 11 is 0. The van der Waals surface area contributed by atoms with Crippen LogP contribution in [-0.4, -0.2) is 36.1 Å². The van der Waals surface area contributed by atoms with Gasteiger partial charge in [0.1, 0.15) is 0 Å². The molecule has 1 aliphatic heterocycles. The van der Waals surface area contributed by atoms with Crippen LogP contribution < -0.4 is 5.32 Å².